The molecule has 1 aromatic carbocycles. The maximum absolute atomic E-state index is 10.8. The molecule has 106 valence electrons. The Morgan fingerprint density at radius 3 is 2.76 bits per heavy atom. The number of carbonyl (C=O) groups is 1. The van der Waals surface area contributed by atoms with E-state index in [-0.39, 0.29) is 6.54 Å². The highest BCUT2D eigenvalue weighted by Gasteiger charge is 2.12. The zero-order valence-electron chi connectivity index (χ0n) is 11.3. The molecule has 0 fully saturated rings. The summed E-state index contributed by atoms with van der Waals surface area (Å²) in [5, 5.41) is 12.6. The molecule has 6 heteroatoms. The van der Waals surface area contributed by atoms with E-state index in [1.807, 2.05) is 43.3 Å². The first-order valence-electron chi connectivity index (χ1n) is 6.43. The lowest BCUT2D eigenvalue weighted by Crippen LogP contribution is -2.13. The van der Waals surface area contributed by atoms with Crippen LogP contribution in [-0.2, 0) is 4.79 Å². The van der Waals surface area contributed by atoms with E-state index in [2.05, 4.69) is 15.3 Å². The average Bonchev–Trinajstić information content (AvgIpc) is 2.85. The van der Waals surface area contributed by atoms with Crippen LogP contribution < -0.4 is 5.32 Å². The largest absolute Gasteiger partial charge is 0.480 e. The van der Waals surface area contributed by atoms with Crippen LogP contribution in [0, 0.1) is 6.92 Å². The van der Waals surface area contributed by atoms with E-state index < -0.39 is 5.97 Å². The van der Waals surface area contributed by atoms with Gasteiger partial charge in [-0.25, -0.2) is 9.97 Å². The van der Waals surface area contributed by atoms with Crippen molar-refractivity contribution in [2.45, 2.75) is 6.92 Å². The zero-order valence-corrected chi connectivity index (χ0v) is 12.1. The molecule has 0 bridgehead atoms. The minimum atomic E-state index is -0.921. The van der Waals surface area contributed by atoms with Gasteiger partial charge in [0, 0.05) is 10.4 Å². The van der Waals surface area contributed by atoms with Crippen molar-refractivity contribution in [1.82, 2.24) is 9.97 Å². The molecule has 0 unspecified atom stereocenters. The van der Waals surface area contributed by atoms with Crippen LogP contribution in [0.4, 0.5) is 5.82 Å². The first-order chi connectivity index (χ1) is 10.1. The van der Waals surface area contributed by atoms with Gasteiger partial charge in [0.2, 0.25) is 0 Å². The first-order valence-corrected chi connectivity index (χ1v) is 7.24. The lowest BCUT2D eigenvalue weighted by Gasteiger charge is -2.07. The van der Waals surface area contributed by atoms with Gasteiger partial charge in [0.1, 0.15) is 17.2 Å². The fourth-order valence-electron chi connectivity index (χ4n) is 2.05. The number of thiophene rings is 1. The highest BCUT2D eigenvalue weighted by Crippen LogP contribution is 2.30. The van der Waals surface area contributed by atoms with Crippen molar-refractivity contribution in [1.29, 1.82) is 0 Å². The molecule has 3 aromatic rings. The molecule has 0 saturated carbocycles. The van der Waals surface area contributed by atoms with Gasteiger partial charge < -0.3 is 10.4 Å². The summed E-state index contributed by atoms with van der Waals surface area (Å²) in [6.45, 7) is 1.82. The number of nitrogens with one attached hydrogen (secondary N) is 1. The van der Waals surface area contributed by atoms with Crippen LogP contribution in [-0.4, -0.2) is 27.6 Å². The number of fused-ring (bicyclic) bond motifs is 1. The van der Waals surface area contributed by atoms with Gasteiger partial charge in [-0.1, -0.05) is 30.3 Å². The lowest BCUT2D eigenvalue weighted by atomic mass is 10.2. The molecule has 0 amide bonds. The van der Waals surface area contributed by atoms with E-state index in [9.17, 15) is 4.79 Å². The minimum Gasteiger partial charge on any atom is -0.480 e. The molecule has 0 atom stereocenters. The van der Waals surface area contributed by atoms with E-state index in [4.69, 9.17) is 5.11 Å². The maximum atomic E-state index is 10.8. The Balaban J connectivity index is 2.12. The summed E-state index contributed by atoms with van der Waals surface area (Å²) in [4.78, 5) is 21.8. The summed E-state index contributed by atoms with van der Waals surface area (Å²) in [6, 6.07) is 11.6. The van der Waals surface area contributed by atoms with Crippen molar-refractivity contribution in [3.8, 4) is 11.4 Å². The van der Waals surface area contributed by atoms with Gasteiger partial charge in [-0.05, 0) is 13.0 Å². The molecular formula is C15H13N3O2S. The van der Waals surface area contributed by atoms with Crippen LogP contribution in [0.1, 0.15) is 4.88 Å². The van der Waals surface area contributed by atoms with Crippen LogP contribution in [0.3, 0.4) is 0 Å². The van der Waals surface area contributed by atoms with Crippen molar-refractivity contribution < 1.29 is 9.90 Å². The molecule has 0 aliphatic rings. The average molecular weight is 299 g/mol. The van der Waals surface area contributed by atoms with E-state index in [1.165, 1.54) is 0 Å². The van der Waals surface area contributed by atoms with Gasteiger partial charge in [0.15, 0.2) is 5.82 Å². The SMILES string of the molecule is Cc1cc2c(NCC(=O)O)nc(-c3ccccc3)nc2s1. The molecule has 2 heterocycles. The van der Waals surface area contributed by atoms with Crippen LogP contribution in [0.5, 0.6) is 0 Å². The van der Waals surface area contributed by atoms with Crippen molar-refractivity contribution in [2.24, 2.45) is 0 Å². The second-order valence-corrected chi connectivity index (χ2v) is 5.82. The Morgan fingerprint density at radius 2 is 2.05 bits per heavy atom. The smallest absolute Gasteiger partial charge is 0.322 e. The molecule has 5 nitrogen and oxygen atoms in total. The van der Waals surface area contributed by atoms with E-state index in [0.717, 1.165) is 20.7 Å². The predicted octanol–water partition coefficient (Wildman–Crippen LogP) is 3.16. The molecule has 0 saturated heterocycles. The summed E-state index contributed by atoms with van der Waals surface area (Å²) in [5.41, 5.74) is 0.906. The highest BCUT2D eigenvalue weighted by molar-refractivity contribution is 7.18. The number of hydrogen-bond acceptors (Lipinski definition) is 5. The number of carboxylic acid groups (broad SMARTS) is 1. The van der Waals surface area contributed by atoms with Gasteiger partial charge in [0.25, 0.3) is 0 Å². The maximum Gasteiger partial charge on any atom is 0.322 e. The Kier molecular flexibility index (Phi) is 3.53. The number of aliphatic carboxylic acids is 1. The van der Waals surface area contributed by atoms with Crippen LogP contribution in [0.25, 0.3) is 21.6 Å². The van der Waals surface area contributed by atoms with Gasteiger partial charge in [-0.15, -0.1) is 11.3 Å². The van der Waals surface area contributed by atoms with Gasteiger partial charge in [-0.3, -0.25) is 4.79 Å². The second-order valence-electron chi connectivity index (χ2n) is 4.59. The number of aromatic nitrogens is 2. The predicted molar refractivity (Wildman–Crippen MR) is 83.7 cm³/mol. The third-order valence-electron chi connectivity index (χ3n) is 2.95. The topological polar surface area (TPSA) is 75.1 Å². The Bertz CT molecular complexity index is 799. The van der Waals surface area contributed by atoms with Gasteiger partial charge in [-0.2, -0.15) is 0 Å². The fourth-order valence-corrected chi connectivity index (χ4v) is 2.93. The van der Waals surface area contributed by atoms with Crippen molar-refractivity contribution >= 4 is 33.3 Å². The summed E-state index contributed by atoms with van der Waals surface area (Å²) in [5.74, 6) is 0.235. The summed E-state index contributed by atoms with van der Waals surface area (Å²) in [7, 11) is 0. The van der Waals surface area contributed by atoms with Gasteiger partial charge in [0.05, 0.1) is 5.39 Å². The zero-order chi connectivity index (χ0) is 14.8. The number of aryl methyl sites for hydroxylation is 1. The monoisotopic (exact) mass is 299 g/mol. The van der Waals surface area contributed by atoms with Gasteiger partial charge >= 0.3 is 5.97 Å². The van der Waals surface area contributed by atoms with E-state index in [0.29, 0.717) is 11.6 Å². The van der Waals surface area contributed by atoms with Crippen LogP contribution in [0.2, 0.25) is 0 Å². The Morgan fingerprint density at radius 1 is 1.29 bits per heavy atom. The first kappa shape index (κ1) is 13.5. The Labute approximate surface area is 125 Å². The molecular weight excluding hydrogens is 286 g/mol. The molecule has 0 spiro atoms. The number of hydrogen-bond donors (Lipinski definition) is 2. The normalized spacial score (nSPS) is 10.7. The molecule has 21 heavy (non-hydrogen) atoms. The Hall–Kier alpha value is -2.47. The third kappa shape index (κ3) is 2.85. The van der Waals surface area contributed by atoms with E-state index >= 15 is 0 Å². The fraction of sp³-hybridized carbons (Fsp3) is 0.133. The number of nitrogens with zero attached hydrogens (tertiary/aromatic N) is 2. The number of benzene rings is 1. The molecule has 3 rings (SSSR count). The van der Waals surface area contributed by atoms with E-state index in [1.54, 1.807) is 11.3 Å². The molecule has 2 aromatic heterocycles. The lowest BCUT2D eigenvalue weighted by molar-refractivity contribution is -0.134. The third-order valence-corrected chi connectivity index (χ3v) is 3.90. The standard InChI is InChI=1S/C15H13N3O2S/c1-9-7-11-14(16-8-12(19)20)17-13(18-15(11)21-9)10-5-3-2-4-6-10/h2-7H,8H2,1H3,(H,19,20)(H,16,17,18). The van der Waals surface area contributed by atoms with Crippen molar-refractivity contribution in [2.75, 3.05) is 11.9 Å². The number of anilines is 1. The summed E-state index contributed by atoms with van der Waals surface area (Å²) in [6.07, 6.45) is 0. The summed E-state index contributed by atoms with van der Waals surface area (Å²) < 4.78 is 0. The summed E-state index contributed by atoms with van der Waals surface area (Å²) >= 11 is 1.57. The van der Waals surface area contributed by atoms with Crippen molar-refractivity contribution in [3.05, 3.63) is 41.3 Å². The quantitative estimate of drug-likeness (QED) is 0.774. The van der Waals surface area contributed by atoms with Crippen LogP contribution >= 0.6 is 11.3 Å². The number of rotatable bonds is 4. The molecule has 0 radical (unpaired) electrons. The molecule has 2 N–H and O–H groups in total. The minimum absolute atomic E-state index is 0.171. The highest BCUT2D eigenvalue weighted by atomic mass is 32.1. The number of carboxylic acids is 1. The molecule has 0 aliphatic heterocycles. The van der Waals surface area contributed by atoms with Crippen molar-refractivity contribution in [3.63, 3.8) is 0 Å². The van der Waals surface area contributed by atoms with Crippen LogP contribution in [0.15, 0.2) is 36.4 Å². The second kappa shape index (κ2) is 5.49. The molecule has 0 aliphatic carbocycles.